The van der Waals surface area contributed by atoms with Gasteiger partial charge >= 0.3 is 0 Å². The summed E-state index contributed by atoms with van der Waals surface area (Å²) in [7, 11) is 0. The average Bonchev–Trinajstić information content (AvgIpc) is 2.42. The van der Waals surface area contributed by atoms with E-state index in [-0.39, 0.29) is 0 Å². The van der Waals surface area contributed by atoms with E-state index in [0.717, 1.165) is 39.3 Å². The maximum absolute atomic E-state index is 5.40. The zero-order chi connectivity index (χ0) is 12.3. The van der Waals surface area contributed by atoms with Gasteiger partial charge in [0.1, 0.15) is 0 Å². The Morgan fingerprint density at radius 3 is 1.71 bits per heavy atom. The third-order valence-corrected chi connectivity index (χ3v) is 3.31. The van der Waals surface area contributed by atoms with E-state index in [1.165, 1.54) is 32.7 Å². The molecule has 0 saturated carbocycles. The van der Waals surface area contributed by atoms with Crippen molar-refractivity contribution in [3.8, 4) is 0 Å². The second-order valence-corrected chi connectivity index (χ2v) is 4.56. The number of likely N-dealkylation sites (N-methyl/N-ethyl adjacent to an activating group) is 1. The van der Waals surface area contributed by atoms with Crippen LogP contribution in [0.2, 0.25) is 0 Å². The molecule has 0 unspecified atom stereocenters. The van der Waals surface area contributed by atoms with Gasteiger partial charge in [-0.2, -0.15) is 0 Å². The lowest BCUT2D eigenvalue weighted by Gasteiger charge is -2.26. The summed E-state index contributed by atoms with van der Waals surface area (Å²) in [5.41, 5.74) is 5.40. The molecule has 0 aromatic heterocycles. The maximum atomic E-state index is 5.40. The molecule has 4 N–H and O–H groups in total. The lowest BCUT2D eigenvalue weighted by Crippen LogP contribution is -2.45. The van der Waals surface area contributed by atoms with Gasteiger partial charge in [-0.1, -0.05) is 6.92 Å². The highest BCUT2D eigenvalue weighted by Gasteiger charge is 2.06. The first kappa shape index (κ1) is 14.9. The van der Waals surface area contributed by atoms with Crippen molar-refractivity contribution in [1.29, 1.82) is 0 Å². The predicted octanol–water partition coefficient (Wildman–Crippen LogP) is -1.24. The quantitative estimate of drug-likeness (QED) is 0.579. The molecule has 0 spiro atoms. The van der Waals surface area contributed by atoms with E-state index < -0.39 is 0 Å². The molecule has 2 rings (SSSR count). The summed E-state index contributed by atoms with van der Waals surface area (Å²) in [5, 5.41) is 6.60. The molecule has 0 radical (unpaired) electrons. The number of rotatable bonds is 3. The third kappa shape index (κ3) is 6.95. The number of nitrogens with zero attached hydrogens (tertiary/aromatic N) is 2. The SMILES string of the molecule is CCN1CCNCC1.NCCN1CCNCC1. The Labute approximate surface area is 106 Å². The second-order valence-electron chi connectivity index (χ2n) is 4.56. The topological polar surface area (TPSA) is 56.6 Å². The van der Waals surface area contributed by atoms with Crippen molar-refractivity contribution >= 4 is 0 Å². The van der Waals surface area contributed by atoms with E-state index in [9.17, 15) is 0 Å². The smallest absolute Gasteiger partial charge is 0.0108 e. The van der Waals surface area contributed by atoms with Crippen molar-refractivity contribution in [3.63, 3.8) is 0 Å². The van der Waals surface area contributed by atoms with Crippen molar-refractivity contribution in [3.05, 3.63) is 0 Å². The van der Waals surface area contributed by atoms with Crippen molar-refractivity contribution < 1.29 is 0 Å². The Morgan fingerprint density at radius 1 is 0.882 bits per heavy atom. The van der Waals surface area contributed by atoms with E-state index in [0.29, 0.717) is 0 Å². The summed E-state index contributed by atoms with van der Waals surface area (Å²) in [6.07, 6.45) is 0. The molecule has 5 nitrogen and oxygen atoms in total. The van der Waals surface area contributed by atoms with Crippen molar-refractivity contribution in [2.24, 2.45) is 5.73 Å². The zero-order valence-corrected chi connectivity index (χ0v) is 11.2. The van der Waals surface area contributed by atoms with Gasteiger partial charge in [0.25, 0.3) is 0 Å². The minimum Gasteiger partial charge on any atom is -0.329 e. The first-order valence-corrected chi connectivity index (χ1v) is 6.93. The van der Waals surface area contributed by atoms with Gasteiger partial charge in [0.05, 0.1) is 0 Å². The molecule has 2 saturated heterocycles. The number of hydrogen-bond acceptors (Lipinski definition) is 5. The van der Waals surface area contributed by atoms with Crippen LogP contribution in [0.4, 0.5) is 0 Å². The van der Waals surface area contributed by atoms with Crippen LogP contribution in [0.3, 0.4) is 0 Å². The Kier molecular flexibility index (Phi) is 8.56. The highest BCUT2D eigenvalue weighted by molar-refractivity contribution is 4.67. The summed E-state index contributed by atoms with van der Waals surface area (Å²) in [6.45, 7) is 14.7. The average molecular weight is 243 g/mol. The molecule has 0 atom stereocenters. The van der Waals surface area contributed by atoms with Gasteiger partial charge in [0, 0.05) is 65.4 Å². The fraction of sp³-hybridized carbons (Fsp3) is 1.00. The molecular weight excluding hydrogens is 214 g/mol. The molecule has 0 bridgehead atoms. The van der Waals surface area contributed by atoms with Gasteiger partial charge in [-0.15, -0.1) is 0 Å². The lowest BCUT2D eigenvalue weighted by atomic mass is 10.3. The molecule has 17 heavy (non-hydrogen) atoms. The van der Waals surface area contributed by atoms with Crippen LogP contribution in [-0.4, -0.2) is 81.8 Å². The van der Waals surface area contributed by atoms with E-state index in [1.54, 1.807) is 0 Å². The number of nitrogens with two attached hydrogens (primary N) is 1. The summed E-state index contributed by atoms with van der Waals surface area (Å²) in [5.74, 6) is 0. The van der Waals surface area contributed by atoms with Gasteiger partial charge in [0.2, 0.25) is 0 Å². The molecule has 0 aromatic rings. The molecule has 0 aromatic carbocycles. The van der Waals surface area contributed by atoms with Crippen molar-refractivity contribution in [1.82, 2.24) is 20.4 Å². The van der Waals surface area contributed by atoms with E-state index >= 15 is 0 Å². The third-order valence-electron chi connectivity index (χ3n) is 3.31. The summed E-state index contributed by atoms with van der Waals surface area (Å²) in [6, 6.07) is 0. The first-order chi connectivity index (χ1) is 8.36. The van der Waals surface area contributed by atoms with Gasteiger partial charge in [0.15, 0.2) is 0 Å². The van der Waals surface area contributed by atoms with Crippen LogP contribution in [0.5, 0.6) is 0 Å². The normalized spacial score (nSPS) is 22.9. The van der Waals surface area contributed by atoms with E-state index in [2.05, 4.69) is 27.4 Å². The maximum Gasteiger partial charge on any atom is 0.0108 e. The predicted molar refractivity (Wildman–Crippen MR) is 73.3 cm³/mol. The van der Waals surface area contributed by atoms with Crippen LogP contribution >= 0.6 is 0 Å². The highest BCUT2D eigenvalue weighted by Crippen LogP contribution is 1.89. The second kappa shape index (κ2) is 9.79. The lowest BCUT2D eigenvalue weighted by molar-refractivity contribution is 0.247. The molecular formula is C12H29N5. The van der Waals surface area contributed by atoms with Crippen molar-refractivity contribution in [2.75, 3.05) is 72.0 Å². The molecule has 2 fully saturated rings. The monoisotopic (exact) mass is 243 g/mol. The fourth-order valence-corrected chi connectivity index (χ4v) is 2.14. The van der Waals surface area contributed by atoms with Gasteiger partial charge in [-0.25, -0.2) is 0 Å². The minimum atomic E-state index is 0.792. The molecule has 5 heteroatoms. The summed E-state index contributed by atoms with van der Waals surface area (Å²) < 4.78 is 0. The van der Waals surface area contributed by atoms with Crippen LogP contribution in [0.1, 0.15) is 6.92 Å². The Bertz CT molecular complexity index is 162. The van der Waals surface area contributed by atoms with E-state index in [1.807, 2.05) is 0 Å². The first-order valence-electron chi connectivity index (χ1n) is 6.93. The van der Waals surface area contributed by atoms with E-state index in [4.69, 9.17) is 5.73 Å². The van der Waals surface area contributed by atoms with Crippen LogP contribution in [0, 0.1) is 0 Å². The number of piperazine rings is 2. The molecule has 0 aliphatic carbocycles. The molecule has 2 aliphatic rings. The number of nitrogens with one attached hydrogen (secondary N) is 2. The summed E-state index contributed by atoms with van der Waals surface area (Å²) in [4.78, 5) is 4.84. The Hall–Kier alpha value is -0.200. The Morgan fingerprint density at radius 2 is 1.35 bits per heavy atom. The zero-order valence-electron chi connectivity index (χ0n) is 11.2. The molecule has 2 aliphatic heterocycles. The largest absolute Gasteiger partial charge is 0.329 e. The van der Waals surface area contributed by atoms with Crippen LogP contribution < -0.4 is 16.4 Å². The molecule has 102 valence electrons. The van der Waals surface area contributed by atoms with Crippen molar-refractivity contribution in [2.45, 2.75) is 6.92 Å². The fourth-order valence-electron chi connectivity index (χ4n) is 2.14. The van der Waals surface area contributed by atoms with Crippen LogP contribution in [0.25, 0.3) is 0 Å². The minimum absolute atomic E-state index is 0.792. The standard InChI is InChI=1S/C6H15N3.C6H14N2/c7-1-4-9-5-2-8-3-6-9;1-2-8-5-3-7-4-6-8/h8H,1-7H2;7H,2-6H2,1H3. The van der Waals surface area contributed by atoms with Gasteiger partial charge in [-0.05, 0) is 6.54 Å². The van der Waals surface area contributed by atoms with Crippen LogP contribution in [-0.2, 0) is 0 Å². The molecule has 2 heterocycles. The highest BCUT2D eigenvalue weighted by atomic mass is 15.2. The summed E-state index contributed by atoms with van der Waals surface area (Å²) >= 11 is 0. The Balaban J connectivity index is 0.000000171. The van der Waals surface area contributed by atoms with Crippen LogP contribution in [0.15, 0.2) is 0 Å². The van der Waals surface area contributed by atoms with Gasteiger partial charge in [-0.3, -0.25) is 4.90 Å². The van der Waals surface area contributed by atoms with Gasteiger partial charge < -0.3 is 21.3 Å². The number of hydrogen-bond donors (Lipinski definition) is 3. The molecule has 0 amide bonds.